The second-order valence-electron chi connectivity index (χ2n) is 3.46. The fourth-order valence-corrected chi connectivity index (χ4v) is 2.87. The maximum Gasteiger partial charge on any atom is 0.342 e. The van der Waals surface area contributed by atoms with Crippen LogP contribution in [0.25, 0.3) is 0 Å². The third-order valence-corrected chi connectivity index (χ3v) is 4.00. The van der Waals surface area contributed by atoms with Gasteiger partial charge in [0.25, 0.3) is 0 Å². The van der Waals surface area contributed by atoms with E-state index in [0.29, 0.717) is 0 Å². The van der Waals surface area contributed by atoms with Crippen LogP contribution in [0.5, 0.6) is 0 Å². The molecule has 18 heavy (non-hydrogen) atoms. The lowest BCUT2D eigenvalue weighted by molar-refractivity contribution is -0.478. The van der Waals surface area contributed by atoms with Crippen LogP contribution >= 0.6 is 45.2 Å². The standard InChI is InChI=1S/C6F10I2/c7-1(5(13,14)17)3(9,10)2(8,4(1,11)12)6(15,16)18. The number of hydrogen-bond donors (Lipinski definition) is 0. The van der Waals surface area contributed by atoms with Gasteiger partial charge in [0.15, 0.2) is 0 Å². The number of halogens is 12. The Morgan fingerprint density at radius 3 is 0.833 bits per heavy atom. The van der Waals surface area contributed by atoms with Crippen molar-refractivity contribution in [3.63, 3.8) is 0 Å². The zero-order chi connectivity index (χ0) is 15.0. The van der Waals surface area contributed by atoms with Gasteiger partial charge < -0.3 is 0 Å². The van der Waals surface area contributed by atoms with Gasteiger partial charge in [0.1, 0.15) is 0 Å². The average molecular weight is 516 g/mol. The molecule has 0 aromatic heterocycles. The summed E-state index contributed by atoms with van der Waals surface area (Å²) in [4.78, 5) is 0. The summed E-state index contributed by atoms with van der Waals surface area (Å²) in [5.74, 6) is -12.5. The predicted octanol–water partition coefficient (Wildman–Crippen LogP) is 4.74. The molecule has 0 N–H and O–H groups in total. The van der Waals surface area contributed by atoms with Gasteiger partial charge in [0, 0.05) is 45.2 Å². The molecule has 108 valence electrons. The first-order valence-corrected chi connectivity index (χ1v) is 5.93. The lowest BCUT2D eigenvalue weighted by Gasteiger charge is -2.59. The Balaban J connectivity index is 3.54. The van der Waals surface area contributed by atoms with Crippen LogP contribution in [0.3, 0.4) is 0 Å². The van der Waals surface area contributed by atoms with Gasteiger partial charge in [-0.25, -0.2) is 8.78 Å². The minimum atomic E-state index is -6.26. The molecule has 12 heteroatoms. The molecular weight excluding hydrogens is 516 g/mol. The van der Waals surface area contributed by atoms with E-state index in [1.54, 1.807) is 0 Å². The zero-order valence-electron chi connectivity index (χ0n) is 7.54. The van der Waals surface area contributed by atoms with Crippen molar-refractivity contribution in [2.45, 2.75) is 31.0 Å². The Hall–Kier alpha value is 0.760. The summed E-state index contributed by atoms with van der Waals surface area (Å²) in [6.45, 7) is 0. The van der Waals surface area contributed by atoms with Crippen molar-refractivity contribution in [3.8, 4) is 0 Å². The van der Waals surface area contributed by atoms with E-state index in [4.69, 9.17) is 0 Å². The molecule has 0 saturated heterocycles. The minimum Gasteiger partial charge on any atom is -0.222 e. The van der Waals surface area contributed by atoms with E-state index in [9.17, 15) is 43.9 Å². The average Bonchev–Trinajstić information content (AvgIpc) is 2.10. The van der Waals surface area contributed by atoms with E-state index in [2.05, 4.69) is 0 Å². The zero-order valence-corrected chi connectivity index (χ0v) is 11.9. The quantitative estimate of drug-likeness (QED) is 0.283. The summed E-state index contributed by atoms with van der Waals surface area (Å²) in [6.07, 6.45) is 0. The molecule has 1 saturated carbocycles. The SMILES string of the molecule is FC(F)(I)C1(F)C(F)(F)C(F)(C(F)(F)I)C1(F)F. The van der Waals surface area contributed by atoms with Gasteiger partial charge in [-0.15, -0.1) is 0 Å². The lowest BCUT2D eigenvalue weighted by atomic mass is 9.62. The molecule has 0 bridgehead atoms. The Labute approximate surface area is 120 Å². The van der Waals surface area contributed by atoms with Gasteiger partial charge in [-0.2, -0.15) is 35.1 Å². The first kappa shape index (κ1) is 16.8. The van der Waals surface area contributed by atoms with E-state index < -0.39 is 76.2 Å². The van der Waals surface area contributed by atoms with Gasteiger partial charge in [-0.3, -0.25) is 0 Å². The highest BCUT2D eigenvalue weighted by atomic mass is 127. The van der Waals surface area contributed by atoms with Crippen LogP contribution in [0.1, 0.15) is 0 Å². The largest absolute Gasteiger partial charge is 0.342 e. The smallest absolute Gasteiger partial charge is 0.222 e. The number of hydrogen-bond acceptors (Lipinski definition) is 0. The van der Waals surface area contributed by atoms with Crippen molar-refractivity contribution >= 4 is 45.2 Å². The normalized spacial score (nSPS) is 39.3. The number of alkyl halides is 12. The molecule has 0 amide bonds. The summed E-state index contributed by atoms with van der Waals surface area (Å²) in [6, 6.07) is 0. The van der Waals surface area contributed by atoms with Crippen LogP contribution < -0.4 is 0 Å². The van der Waals surface area contributed by atoms with E-state index >= 15 is 0 Å². The molecule has 0 heterocycles. The molecule has 1 aliphatic rings. The monoisotopic (exact) mass is 516 g/mol. The van der Waals surface area contributed by atoms with Gasteiger partial charge in [-0.1, -0.05) is 0 Å². The third kappa shape index (κ3) is 1.39. The van der Waals surface area contributed by atoms with Gasteiger partial charge in [0.2, 0.25) is 0 Å². The molecule has 0 aromatic rings. The van der Waals surface area contributed by atoms with Crippen LogP contribution in [0, 0.1) is 0 Å². The minimum absolute atomic E-state index is 0.416. The summed E-state index contributed by atoms with van der Waals surface area (Å²) >= 11 is -0.833. The fourth-order valence-electron chi connectivity index (χ4n) is 1.52. The van der Waals surface area contributed by atoms with Crippen molar-refractivity contribution in [2.24, 2.45) is 0 Å². The van der Waals surface area contributed by atoms with E-state index in [0.717, 1.165) is 0 Å². The van der Waals surface area contributed by atoms with Crippen LogP contribution in [0.4, 0.5) is 43.9 Å². The molecule has 0 nitrogen and oxygen atoms in total. The van der Waals surface area contributed by atoms with Crippen molar-refractivity contribution < 1.29 is 43.9 Å². The van der Waals surface area contributed by atoms with Gasteiger partial charge in [-0.05, 0) is 0 Å². The predicted molar refractivity (Wildman–Crippen MR) is 55.5 cm³/mol. The van der Waals surface area contributed by atoms with Gasteiger partial charge >= 0.3 is 31.0 Å². The number of rotatable bonds is 2. The summed E-state index contributed by atoms with van der Waals surface area (Å²) in [5.41, 5.74) is -12.1. The Bertz CT molecular complexity index is 318. The van der Waals surface area contributed by atoms with Crippen LogP contribution in [0.15, 0.2) is 0 Å². The third-order valence-electron chi connectivity index (χ3n) is 2.51. The molecular formula is C6F10I2. The second kappa shape index (κ2) is 3.69. The summed E-state index contributed by atoms with van der Waals surface area (Å²) < 4.78 is 117. The van der Waals surface area contributed by atoms with Crippen molar-refractivity contribution in [2.75, 3.05) is 0 Å². The van der Waals surface area contributed by atoms with Crippen molar-refractivity contribution in [1.29, 1.82) is 0 Å². The van der Waals surface area contributed by atoms with E-state index in [1.165, 1.54) is 0 Å². The van der Waals surface area contributed by atoms with Crippen LogP contribution in [0.2, 0.25) is 0 Å². The summed E-state index contributed by atoms with van der Waals surface area (Å²) in [5, 5.41) is 0. The maximum atomic E-state index is 13.2. The second-order valence-corrected chi connectivity index (χ2v) is 6.17. The molecule has 1 aliphatic carbocycles. The molecule has 1 fully saturated rings. The maximum absolute atomic E-state index is 13.2. The molecule has 0 unspecified atom stereocenters. The lowest BCUT2D eigenvalue weighted by Crippen LogP contribution is -2.92. The fraction of sp³-hybridized carbons (Fsp3) is 1.00. The Kier molecular flexibility index (Phi) is 3.45. The Morgan fingerprint density at radius 2 is 0.722 bits per heavy atom. The van der Waals surface area contributed by atoms with E-state index in [1.807, 2.05) is 0 Å². The molecule has 0 atom stereocenters. The van der Waals surface area contributed by atoms with Gasteiger partial charge in [0.05, 0.1) is 0 Å². The molecule has 1 rings (SSSR count). The highest BCUT2D eigenvalue weighted by Crippen LogP contribution is 2.77. The van der Waals surface area contributed by atoms with Crippen molar-refractivity contribution in [3.05, 3.63) is 0 Å². The van der Waals surface area contributed by atoms with Crippen LogP contribution in [-0.4, -0.2) is 31.0 Å². The highest BCUT2D eigenvalue weighted by Gasteiger charge is 3.08. The molecule has 0 spiro atoms. The first-order chi connectivity index (χ1) is 7.50. The van der Waals surface area contributed by atoms with Crippen molar-refractivity contribution in [1.82, 2.24) is 0 Å². The topological polar surface area (TPSA) is 0 Å². The van der Waals surface area contributed by atoms with E-state index in [-0.39, 0.29) is 0 Å². The molecule has 0 aliphatic heterocycles. The molecule has 0 radical (unpaired) electrons. The molecule has 0 aromatic carbocycles. The Morgan fingerprint density at radius 1 is 0.556 bits per heavy atom. The summed E-state index contributed by atoms with van der Waals surface area (Å²) in [7, 11) is 0. The highest BCUT2D eigenvalue weighted by molar-refractivity contribution is 14.1. The first-order valence-electron chi connectivity index (χ1n) is 3.77. The van der Waals surface area contributed by atoms with Crippen LogP contribution in [-0.2, 0) is 0 Å².